The van der Waals surface area contributed by atoms with Crippen LogP contribution in [-0.2, 0) is 10.0 Å². The van der Waals surface area contributed by atoms with E-state index in [1.54, 1.807) is 36.7 Å². The number of hydrogen-bond donors (Lipinski definition) is 0. The molecule has 0 radical (unpaired) electrons. The maximum Gasteiger partial charge on any atom is 0.259 e. The minimum atomic E-state index is -3.60. The second-order valence-electron chi connectivity index (χ2n) is 6.23. The Bertz CT molecular complexity index is 1040. The van der Waals surface area contributed by atoms with E-state index in [0.717, 1.165) is 5.56 Å². The zero-order chi connectivity index (χ0) is 18.9. The predicted molar refractivity (Wildman–Crippen MR) is 96.6 cm³/mol. The summed E-state index contributed by atoms with van der Waals surface area (Å²) < 4.78 is 37.7. The first-order chi connectivity index (χ1) is 13.1. The molecule has 0 spiro atoms. The van der Waals surface area contributed by atoms with Crippen molar-refractivity contribution in [3.8, 4) is 17.2 Å². The van der Waals surface area contributed by atoms with Gasteiger partial charge in [0.1, 0.15) is 5.75 Å². The van der Waals surface area contributed by atoms with Crippen molar-refractivity contribution in [1.29, 1.82) is 0 Å². The summed E-state index contributed by atoms with van der Waals surface area (Å²) in [6.45, 7) is 0.715. The molecular weight excluding hydrogens is 368 g/mol. The van der Waals surface area contributed by atoms with Crippen LogP contribution in [0.25, 0.3) is 11.5 Å². The highest BCUT2D eigenvalue weighted by molar-refractivity contribution is 7.89. The third-order valence-corrected chi connectivity index (χ3v) is 6.41. The zero-order valence-corrected chi connectivity index (χ0v) is 15.5. The summed E-state index contributed by atoms with van der Waals surface area (Å²) in [7, 11) is -2.09. The molecule has 0 saturated carbocycles. The van der Waals surface area contributed by atoms with E-state index in [2.05, 4.69) is 15.1 Å². The van der Waals surface area contributed by atoms with Gasteiger partial charge in [-0.05, 0) is 30.7 Å². The molecule has 0 bridgehead atoms. The molecular formula is C18H18N4O4S. The van der Waals surface area contributed by atoms with E-state index in [1.165, 1.54) is 17.5 Å². The number of nitrogens with zero attached hydrogens (tertiary/aromatic N) is 4. The Morgan fingerprint density at radius 3 is 2.93 bits per heavy atom. The summed E-state index contributed by atoms with van der Waals surface area (Å²) in [5.74, 6) is 1.29. The van der Waals surface area contributed by atoms with Gasteiger partial charge in [0.2, 0.25) is 10.0 Å². The Kier molecular flexibility index (Phi) is 4.63. The van der Waals surface area contributed by atoms with Gasteiger partial charge < -0.3 is 9.26 Å². The smallest absolute Gasteiger partial charge is 0.259 e. The third kappa shape index (κ3) is 3.43. The molecule has 8 nitrogen and oxygen atoms in total. The lowest BCUT2D eigenvalue weighted by atomic mass is 10.1. The van der Waals surface area contributed by atoms with E-state index in [-0.39, 0.29) is 10.8 Å². The third-order valence-electron chi connectivity index (χ3n) is 4.55. The maximum atomic E-state index is 12.9. The van der Waals surface area contributed by atoms with Crippen LogP contribution in [0.3, 0.4) is 0 Å². The van der Waals surface area contributed by atoms with Crippen LogP contribution in [0.5, 0.6) is 5.75 Å². The number of ether oxygens (including phenoxy) is 1. The minimum Gasteiger partial charge on any atom is -0.497 e. The number of sulfonamides is 1. The van der Waals surface area contributed by atoms with Gasteiger partial charge in [-0.2, -0.15) is 9.29 Å². The average Bonchev–Trinajstić information content (AvgIpc) is 3.38. The molecule has 1 atom stereocenters. The number of aromatic nitrogens is 3. The molecule has 4 rings (SSSR count). The van der Waals surface area contributed by atoms with Gasteiger partial charge in [-0.1, -0.05) is 11.2 Å². The molecule has 1 aliphatic heterocycles. The normalized spacial score (nSPS) is 17.9. The average molecular weight is 386 g/mol. The van der Waals surface area contributed by atoms with Crippen LogP contribution in [0.15, 0.2) is 58.2 Å². The summed E-state index contributed by atoms with van der Waals surface area (Å²) in [6, 6.07) is 10.1. The fraction of sp³-hybridized carbons (Fsp3) is 0.278. The highest BCUT2D eigenvalue weighted by Crippen LogP contribution is 2.31. The molecule has 0 amide bonds. The Hall–Kier alpha value is -2.78. The van der Waals surface area contributed by atoms with Crippen LogP contribution < -0.4 is 4.74 Å². The topological polar surface area (TPSA) is 98.4 Å². The first kappa shape index (κ1) is 17.6. The summed E-state index contributed by atoms with van der Waals surface area (Å²) in [4.78, 5) is 8.67. The molecule has 1 aromatic carbocycles. The van der Waals surface area contributed by atoms with Crippen LogP contribution >= 0.6 is 0 Å². The summed E-state index contributed by atoms with van der Waals surface area (Å²) in [5, 5.41) is 4.04. The Labute approximate surface area is 156 Å². The lowest BCUT2D eigenvalue weighted by Crippen LogP contribution is -2.28. The maximum absolute atomic E-state index is 12.9. The summed E-state index contributed by atoms with van der Waals surface area (Å²) in [6.07, 6.45) is 3.94. The molecule has 140 valence electrons. The molecule has 3 aromatic rings. The number of hydrogen-bond acceptors (Lipinski definition) is 7. The van der Waals surface area contributed by atoms with Gasteiger partial charge in [0, 0.05) is 37.5 Å². The highest BCUT2D eigenvalue weighted by atomic mass is 32.2. The van der Waals surface area contributed by atoms with Gasteiger partial charge in [0.05, 0.1) is 17.6 Å². The van der Waals surface area contributed by atoms with Crippen molar-refractivity contribution in [1.82, 2.24) is 19.4 Å². The second kappa shape index (κ2) is 7.09. The number of benzene rings is 1. The van der Waals surface area contributed by atoms with Crippen LogP contribution in [0, 0.1) is 0 Å². The van der Waals surface area contributed by atoms with Gasteiger partial charge in [0.25, 0.3) is 5.89 Å². The van der Waals surface area contributed by atoms with Crippen LogP contribution in [-0.4, -0.2) is 48.0 Å². The predicted octanol–water partition coefficient (Wildman–Crippen LogP) is 2.32. The first-order valence-electron chi connectivity index (χ1n) is 8.46. The van der Waals surface area contributed by atoms with E-state index >= 15 is 0 Å². The fourth-order valence-electron chi connectivity index (χ4n) is 3.08. The lowest BCUT2D eigenvalue weighted by molar-refractivity contribution is 0.411. The molecule has 0 aliphatic carbocycles. The molecule has 1 aliphatic rings. The fourth-order valence-corrected chi connectivity index (χ4v) is 4.61. The van der Waals surface area contributed by atoms with Crippen molar-refractivity contribution in [2.75, 3.05) is 20.2 Å². The lowest BCUT2D eigenvalue weighted by Gasteiger charge is -2.16. The Morgan fingerprint density at radius 1 is 1.26 bits per heavy atom. The van der Waals surface area contributed by atoms with Crippen molar-refractivity contribution in [3.63, 3.8) is 0 Å². The van der Waals surface area contributed by atoms with E-state index < -0.39 is 10.0 Å². The SMILES string of the molecule is COc1cccc(S(=O)(=O)N2CCC(c3noc(-c4cccnc4)n3)C2)c1. The van der Waals surface area contributed by atoms with Crippen LogP contribution in [0.4, 0.5) is 0 Å². The number of rotatable bonds is 5. The summed E-state index contributed by atoms with van der Waals surface area (Å²) >= 11 is 0. The van der Waals surface area contributed by atoms with Crippen molar-refractivity contribution in [2.45, 2.75) is 17.2 Å². The second-order valence-corrected chi connectivity index (χ2v) is 8.16. The van der Waals surface area contributed by atoms with Gasteiger partial charge in [-0.3, -0.25) is 4.98 Å². The van der Waals surface area contributed by atoms with Gasteiger partial charge in [0.15, 0.2) is 5.82 Å². The van der Waals surface area contributed by atoms with Crippen LogP contribution in [0.1, 0.15) is 18.2 Å². The van der Waals surface area contributed by atoms with Crippen molar-refractivity contribution in [2.24, 2.45) is 0 Å². The Morgan fingerprint density at radius 2 is 2.15 bits per heavy atom. The van der Waals surface area contributed by atoms with E-state index in [9.17, 15) is 8.42 Å². The standard InChI is InChI=1S/C18H18N4O4S/c1-25-15-5-2-6-16(10-15)27(23,24)22-9-7-14(12-22)17-20-18(26-21-17)13-4-3-8-19-11-13/h2-6,8,10-11,14H,7,9,12H2,1H3. The van der Waals surface area contributed by atoms with Gasteiger partial charge >= 0.3 is 0 Å². The van der Waals surface area contributed by atoms with Crippen molar-refractivity contribution >= 4 is 10.0 Å². The largest absolute Gasteiger partial charge is 0.497 e. The molecule has 9 heteroatoms. The molecule has 1 fully saturated rings. The molecule has 1 unspecified atom stereocenters. The summed E-state index contributed by atoms with van der Waals surface area (Å²) in [5.41, 5.74) is 0.732. The molecule has 3 heterocycles. The van der Waals surface area contributed by atoms with E-state index in [0.29, 0.717) is 37.0 Å². The van der Waals surface area contributed by atoms with Gasteiger partial charge in [-0.25, -0.2) is 8.42 Å². The molecule has 27 heavy (non-hydrogen) atoms. The van der Waals surface area contributed by atoms with E-state index in [4.69, 9.17) is 9.26 Å². The van der Waals surface area contributed by atoms with Crippen molar-refractivity contribution in [3.05, 3.63) is 54.6 Å². The van der Waals surface area contributed by atoms with Gasteiger partial charge in [-0.15, -0.1) is 0 Å². The Balaban J connectivity index is 1.52. The number of methoxy groups -OCH3 is 1. The molecule has 1 saturated heterocycles. The van der Waals surface area contributed by atoms with Crippen LogP contribution in [0.2, 0.25) is 0 Å². The highest BCUT2D eigenvalue weighted by Gasteiger charge is 2.35. The van der Waals surface area contributed by atoms with E-state index in [1.807, 2.05) is 6.07 Å². The quantitative estimate of drug-likeness (QED) is 0.663. The zero-order valence-electron chi connectivity index (χ0n) is 14.6. The monoisotopic (exact) mass is 386 g/mol. The molecule has 0 N–H and O–H groups in total. The molecule has 2 aromatic heterocycles. The van der Waals surface area contributed by atoms with Crippen molar-refractivity contribution < 1.29 is 17.7 Å². The number of pyridine rings is 1. The minimum absolute atomic E-state index is 0.112. The first-order valence-corrected chi connectivity index (χ1v) is 9.90.